The lowest BCUT2D eigenvalue weighted by Gasteiger charge is -2.14. The quantitative estimate of drug-likeness (QED) is 0.175. The van der Waals surface area contributed by atoms with E-state index in [1.54, 1.807) is 0 Å². The van der Waals surface area contributed by atoms with E-state index in [1.165, 1.54) is 33.4 Å². The number of allylic oxidation sites excluding steroid dienone is 24. The van der Waals surface area contributed by atoms with Crippen molar-refractivity contribution >= 4 is 33.9 Å². The van der Waals surface area contributed by atoms with Gasteiger partial charge in [0.1, 0.15) is 0 Å². The summed E-state index contributed by atoms with van der Waals surface area (Å²) in [7, 11) is 0. The molecule has 0 unspecified atom stereocenters. The minimum atomic E-state index is 0.656. The van der Waals surface area contributed by atoms with E-state index in [0.717, 1.165) is 39.0 Å². The van der Waals surface area contributed by atoms with Crippen molar-refractivity contribution in [3.05, 3.63) is 227 Å². The van der Waals surface area contributed by atoms with Crippen molar-refractivity contribution in [3.8, 4) is 11.8 Å². The second-order valence-corrected chi connectivity index (χ2v) is 12.5. The van der Waals surface area contributed by atoms with Gasteiger partial charge in [-0.3, -0.25) is 0 Å². The molecule has 2 aliphatic rings. The Kier molecular flexibility index (Phi) is 13.1. The number of hydrogen-bond acceptors (Lipinski definition) is 0. The van der Waals surface area contributed by atoms with Gasteiger partial charge in [-0.1, -0.05) is 182 Å². The Labute approximate surface area is 306 Å². The van der Waals surface area contributed by atoms with Gasteiger partial charge in [-0.05, 0) is 119 Å². The molecule has 0 amide bonds. The SMILES string of the molecule is C=C1\C=C/C=C\C(=C/C=C\C=C\C)c2cc(/C=C\C(=C/C)c3cccc(C4=C(C)/C=C\C(C)=C/C=C/C#CC/C(c5ccccc5)=C\4)c3)ccc21. The molecule has 0 atom stereocenters. The van der Waals surface area contributed by atoms with Crippen LogP contribution in [0.15, 0.2) is 194 Å². The summed E-state index contributed by atoms with van der Waals surface area (Å²) in [5.41, 5.74) is 15.0. The minimum Gasteiger partial charge on any atom is -0.0937 e. The third-order valence-corrected chi connectivity index (χ3v) is 8.75. The Morgan fingerprint density at radius 3 is 2.41 bits per heavy atom. The Hall–Kier alpha value is -6.16. The zero-order valence-corrected chi connectivity index (χ0v) is 30.2. The summed E-state index contributed by atoms with van der Waals surface area (Å²) >= 11 is 0. The average Bonchev–Trinajstić information content (AvgIpc) is 3.16. The van der Waals surface area contributed by atoms with Crippen LogP contribution in [0.5, 0.6) is 0 Å². The van der Waals surface area contributed by atoms with Crippen LogP contribution in [-0.4, -0.2) is 0 Å². The molecule has 51 heavy (non-hydrogen) atoms. The van der Waals surface area contributed by atoms with Crippen molar-refractivity contribution in [2.75, 3.05) is 0 Å². The third kappa shape index (κ3) is 10.2. The van der Waals surface area contributed by atoms with E-state index in [4.69, 9.17) is 0 Å². The topological polar surface area (TPSA) is 0 Å². The Morgan fingerprint density at radius 1 is 0.765 bits per heavy atom. The lowest BCUT2D eigenvalue weighted by Crippen LogP contribution is -1.93. The highest BCUT2D eigenvalue weighted by Crippen LogP contribution is 2.32. The first-order valence-electron chi connectivity index (χ1n) is 17.6. The smallest absolute Gasteiger partial charge is 0.0350 e. The van der Waals surface area contributed by atoms with Crippen molar-refractivity contribution in [3.63, 3.8) is 0 Å². The van der Waals surface area contributed by atoms with Crippen LogP contribution in [0.2, 0.25) is 0 Å². The fourth-order valence-electron chi connectivity index (χ4n) is 5.93. The normalized spacial score (nSPS) is 22.3. The number of hydrogen-bond donors (Lipinski definition) is 0. The summed E-state index contributed by atoms with van der Waals surface area (Å²) in [6.45, 7) is 12.8. The molecule has 0 heteroatoms. The predicted octanol–water partition coefficient (Wildman–Crippen LogP) is 13.8. The predicted molar refractivity (Wildman–Crippen MR) is 226 cm³/mol. The van der Waals surface area contributed by atoms with Gasteiger partial charge in [-0.15, -0.1) is 0 Å². The van der Waals surface area contributed by atoms with E-state index >= 15 is 0 Å². The van der Waals surface area contributed by atoms with E-state index in [9.17, 15) is 0 Å². The molecule has 5 rings (SSSR count). The Morgan fingerprint density at radius 2 is 1.59 bits per heavy atom. The summed E-state index contributed by atoms with van der Waals surface area (Å²) in [4.78, 5) is 0. The van der Waals surface area contributed by atoms with Gasteiger partial charge in [0.2, 0.25) is 0 Å². The first-order valence-corrected chi connectivity index (χ1v) is 17.6. The van der Waals surface area contributed by atoms with Crippen molar-refractivity contribution in [1.82, 2.24) is 0 Å². The first-order chi connectivity index (χ1) is 25.0. The summed E-state index contributed by atoms with van der Waals surface area (Å²) in [5.74, 6) is 6.59. The van der Waals surface area contributed by atoms with E-state index in [2.05, 4.69) is 191 Å². The maximum Gasteiger partial charge on any atom is 0.0350 e. The molecule has 3 aromatic carbocycles. The lowest BCUT2D eigenvalue weighted by atomic mass is 9.90. The molecule has 2 aliphatic carbocycles. The molecule has 0 fully saturated rings. The van der Waals surface area contributed by atoms with Crippen LogP contribution in [0.4, 0.5) is 0 Å². The Bertz CT molecular complexity index is 2190. The molecule has 0 saturated carbocycles. The van der Waals surface area contributed by atoms with E-state index < -0.39 is 0 Å². The van der Waals surface area contributed by atoms with Crippen molar-refractivity contribution in [1.29, 1.82) is 0 Å². The number of rotatable bonds is 7. The van der Waals surface area contributed by atoms with Gasteiger partial charge in [-0.2, -0.15) is 0 Å². The molecule has 0 bridgehead atoms. The number of fused-ring (bicyclic) bond motifs is 1. The molecule has 0 nitrogen and oxygen atoms in total. The maximum absolute atomic E-state index is 4.34. The largest absolute Gasteiger partial charge is 0.0937 e. The highest BCUT2D eigenvalue weighted by atomic mass is 14.2. The molecule has 0 N–H and O–H groups in total. The summed E-state index contributed by atoms with van der Waals surface area (Å²) in [6, 6.07) is 26.1. The first kappa shape index (κ1) is 36.1. The molecular formula is C51H46. The van der Waals surface area contributed by atoms with Crippen LogP contribution in [0.25, 0.3) is 33.9 Å². The lowest BCUT2D eigenvalue weighted by molar-refractivity contribution is 1.42. The van der Waals surface area contributed by atoms with Crippen molar-refractivity contribution in [2.45, 2.75) is 34.1 Å². The van der Waals surface area contributed by atoms with Gasteiger partial charge in [0.05, 0.1) is 0 Å². The van der Waals surface area contributed by atoms with Gasteiger partial charge in [0, 0.05) is 6.42 Å². The van der Waals surface area contributed by atoms with Gasteiger partial charge >= 0.3 is 0 Å². The fraction of sp³-hybridized carbons (Fsp3) is 0.0980. The highest BCUT2D eigenvalue weighted by Gasteiger charge is 2.11. The summed E-state index contributed by atoms with van der Waals surface area (Å²) in [6.07, 6.45) is 38.7. The molecule has 0 spiro atoms. The minimum absolute atomic E-state index is 0.656. The van der Waals surface area contributed by atoms with E-state index in [0.29, 0.717) is 6.42 Å². The zero-order valence-electron chi connectivity index (χ0n) is 30.2. The maximum atomic E-state index is 4.34. The molecule has 3 aromatic rings. The molecule has 0 radical (unpaired) electrons. The molecular weight excluding hydrogens is 613 g/mol. The van der Waals surface area contributed by atoms with Crippen LogP contribution in [0.3, 0.4) is 0 Å². The van der Waals surface area contributed by atoms with Crippen LogP contribution in [-0.2, 0) is 0 Å². The second kappa shape index (κ2) is 18.6. The standard InChI is InChI=1S/C51H46/c1-6-8-9-14-25-45-26-19-18-22-40(4)49-35-33-42(36-51(45)49)32-34-43(7-2)46-28-20-29-48(37-46)50-38-47(44-23-16-12-17-24-44)27-15-11-10-13-21-39(3)30-31-41(50)5/h6-10,12-14,16-26,28-38H,4,27H2,1-3,5H3/b8-6+,13-10+,14-9-,22-18-,26-19-,31-30-,34-32-,39-21-,43-7+,45-25+,47-38+,50-41+. The van der Waals surface area contributed by atoms with Crippen LogP contribution >= 0.6 is 0 Å². The van der Waals surface area contributed by atoms with Gasteiger partial charge in [0.25, 0.3) is 0 Å². The average molecular weight is 659 g/mol. The molecule has 0 heterocycles. The molecule has 250 valence electrons. The number of benzene rings is 3. The summed E-state index contributed by atoms with van der Waals surface area (Å²) in [5, 5.41) is 0. The second-order valence-electron chi connectivity index (χ2n) is 12.5. The molecule has 0 aromatic heterocycles. The zero-order chi connectivity index (χ0) is 35.8. The van der Waals surface area contributed by atoms with Gasteiger partial charge in [0.15, 0.2) is 0 Å². The van der Waals surface area contributed by atoms with E-state index in [-0.39, 0.29) is 0 Å². The van der Waals surface area contributed by atoms with Crippen molar-refractivity contribution in [2.24, 2.45) is 0 Å². The molecule has 0 aliphatic heterocycles. The molecule has 0 saturated heterocycles. The monoisotopic (exact) mass is 658 g/mol. The van der Waals surface area contributed by atoms with Gasteiger partial charge < -0.3 is 0 Å². The fourth-order valence-corrected chi connectivity index (χ4v) is 5.93. The summed E-state index contributed by atoms with van der Waals surface area (Å²) < 4.78 is 0. The van der Waals surface area contributed by atoms with Gasteiger partial charge in [-0.25, -0.2) is 0 Å². The third-order valence-electron chi connectivity index (χ3n) is 8.75. The Balaban J connectivity index is 1.54. The van der Waals surface area contributed by atoms with Crippen molar-refractivity contribution < 1.29 is 0 Å². The highest BCUT2D eigenvalue weighted by molar-refractivity contribution is 5.91. The van der Waals surface area contributed by atoms with E-state index in [1.807, 2.05) is 37.3 Å². The van der Waals surface area contributed by atoms with Crippen LogP contribution in [0, 0.1) is 11.8 Å². The van der Waals surface area contributed by atoms with Crippen LogP contribution < -0.4 is 0 Å². The van der Waals surface area contributed by atoms with Crippen LogP contribution in [0.1, 0.15) is 67.5 Å².